The molecule has 4 heteroatoms. The SMILES string of the molecule is CNCc1ccc(N2CCN(CC(C)C)CC2)c(Cl)c1. The minimum Gasteiger partial charge on any atom is -0.368 e. The van der Waals surface area contributed by atoms with Crippen molar-refractivity contribution in [3.8, 4) is 0 Å². The van der Waals surface area contributed by atoms with Gasteiger partial charge < -0.3 is 10.2 Å². The molecule has 1 fully saturated rings. The van der Waals surface area contributed by atoms with Crippen LogP contribution >= 0.6 is 11.6 Å². The highest BCUT2D eigenvalue weighted by Gasteiger charge is 2.19. The summed E-state index contributed by atoms with van der Waals surface area (Å²) in [5, 5.41) is 4.03. The predicted molar refractivity (Wildman–Crippen MR) is 87.7 cm³/mol. The molecule has 0 unspecified atom stereocenters. The summed E-state index contributed by atoms with van der Waals surface area (Å²) in [6.07, 6.45) is 0. The van der Waals surface area contributed by atoms with Crippen molar-refractivity contribution in [1.29, 1.82) is 0 Å². The third kappa shape index (κ3) is 4.11. The van der Waals surface area contributed by atoms with Crippen molar-refractivity contribution in [2.75, 3.05) is 44.7 Å². The fraction of sp³-hybridized carbons (Fsp3) is 0.625. The molecule has 20 heavy (non-hydrogen) atoms. The lowest BCUT2D eigenvalue weighted by molar-refractivity contribution is 0.231. The summed E-state index contributed by atoms with van der Waals surface area (Å²) in [6.45, 7) is 11.0. The van der Waals surface area contributed by atoms with Crippen LogP contribution in [0.5, 0.6) is 0 Å². The Morgan fingerprint density at radius 2 is 1.90 bits per heavy atom. The van der Waals surface area contributed by atoms with E-state index < -0.39 is 0 Å². The second kappa shape index (κ2) is 7.30. The van der Waals surface area contributed by atoms with E-state index in [0.29, 0.717) is 0 Å². The lowest BCUT2D eigenvalue weighted by Gasteiger charge is -2.37. The average Bonchev–Trinajstić information content (AvgIpc) is 2.40. The molecule has 1 heterocycles. The molecule has 0 saturated carbocycles. The topological polar surface area (TPSA) is 18.5 Å². The minimum absolute atomic E-state index is 0.742. The summed E-state index contributed by atoms with van der Waals surface area (Å²) >= 11 is 6.44. The van der Waals surface area contributed by atoms with Gasteiger partial charge in [-0.15, -0.1) is 0 Å². The van der Waals surface area contributed by atoms with Crippen LogP contribution in [0, 0.1) is 5.92 Å². The molecule has 1 aromatic carbocycles. The molecule has 1 aliphatic rings. The molecule has 1 saturated heterocycles. The average molecular weight is 296 g/mol. The van der Waals surface area contributed by atoms with Gasteiger partial charge in [0.25, 0.3) is 0 Å². The molecular weight excluding hydrogens is 270 g/mol. The first-order chi connectivity index (χ1) is 9.60. The van der Waals surface area contributed by atoms with E-state index in [4.69, 9.17) is 11.6 Å². The minimum atomic E-state index is 0.742. The Morgan fingerprint density at radius 3 is 2.45 bits per heavy atom. The summed E-state index contributed by atoms with van der Waals surface area (Å²) in [6, 6.07) is 6.40. The number of benzene rings is 1. The van der Waals surface area contributed by atoms with Gasteiger partial charge in [0.05, 0.1) is 10.7 Å². The van der Waals surface area contributed by atoms with Crippen molar-refractivity contribution in [2.24, 2.45) is 5.92 Å². The molecule has 112 valence electrons. The number of halogens is 1. The monoisotopic (exact) mass is 295 g/mol. The van der Waals surface area contributed by atoms with Gasteiger partial charge in [-0.1, -0.05) is 31.5 Å². The molecular formula is C16H26ClN3. The zero-order valence-electron chi connectivity index (χ0n) is 12.8. The Balaban J connectivity index is 1.96. The highest BCUT2D eigenvalue weighted by molar-refractivity contribution is 6.33. The predicted octanol–water partition coefficient (Wildman–Crippen LogP) is 2.84. The zero-order chi connectivity index (χ0) is 14.5. The van der Waals surface area contributed by atoms with E-state index in [1.165, 1.54) is 17.8 Å². The second-order valence-electron chi connectivity index (χ2n) is 6.00. The summed E-state index contributed by atoms with van der Waals surface area (Å²) in [4.78, 5) is 4.95. The van der Waals surface area contributed by atoms with Crippen LogP contribution in [0.2, 0.25) is 5.02 Å². The maximum atomic E-state index is 6.44. The van der Waals surface area contributed by atoms with Crippen LogP contribution in [0.15, 0.2) is 18.2 Å². The van der Waals surface area contributed by atoms with E-state index in [0.717, 1.165) is 43.7 Å². The van der Waals surface area contributed by atoms with Crippen molar-refractivity contribution in [3.63, 3.8) is 0 Å². The molecule has 0 bridgehead atoms. The quantitative estimate of drug-likeness (QED) is 0.901. The fourth-order valence-electron chi connectivity index (χ4n) is 2.81. The fourth-order valence-corrected chi connectivity index (χ4v) is 3.13. The Hall–Kier alpha value is -0.770. The first-order valence-corrected chi connectivity index (χ1v) is 7.88. The molecule has 0 spiro atoms. The summed E-state index contributed by atoms with van der Waals surface area (Å²) in [5.41, 5.74) is 2.41. The summed E-state index contributed by atoms with van der Waals surface area (Å²) in [7, 11) is 1.95. The number of hydrogen-bond acceptors (Lipinski definition) is 3. The smallest absolute Gasteiger partial charge is 0.0642 e. The summed E-state index contributed by atoms with van der Waals surface area (Å²) < 4.78 is 0. The van der Waals surface area contributed by atoms with Crippen molar-refractivity contribution in [2.45, 2.75) is 20.4 Å². The molecule has 0 aliphatic carbocycles. The van der Waals surface area contributed by atoms with Gasteiger partial charge in [-0.25, -0.2) is 0 Å². The van der Waals surface area contributed by atoms with Crippen molar-refractivity contribution in [1.82, 2.24) is 10.2 Å². The van der Waals surface area contributed by atoms with Gasteiger partial charge in [-0.3, -0.25) is 4.90 Å². The van der Waals surface area contributed by atoms with E-state index >= 15 is 0 Å². The Morgan fingerprint density at radius 1 is 1.20 bits per heavy atom. The third-order valence-electron chi connectivity index (χ3n) is 3.73. The van der Waals surface area contributed by atoms with Crippen LogP contribution in [-0.4, -0.2) is 44.7 Å². The number of hydrogen-bond donors (Lipinski definition) is 1. The van der Waals surface area contributed by atoms with Gasteiger partial charge in [0.15, 0.2) is 0 Å². The molecule has 0 atom stereocenters. The van der Waals surface area contributed by atoms with Crippen LogP contribution < -0.4 is 10.2 Å². The van der Waals surface area contributed by atoms with Crippen molar-refractivity contribution in [3.05, 3.63) is 28.8 Å². The first-order valence-electron chi connectivity index (χ1n) is 7.50. The molecule has 1 aromatic rings. The maximum Gasteiger partial charge on any atom is 0.0642 e. The molecule has 0 radical (unpaired) electrons. The van der Waals surface area contributed by atoms with Gasteiger partial charge in [0.1, 0.15) is 0 Å². The van der Waals surface area contributed by atoms with Crippen LogP contribution in [-0.2, 0) is 6.54 Å². The molecule has 3 nitrogen and oxygen atoms in total. The number of nitrogens with zero attached hydrogens (tertiary/aromatic N) is 2. The van der Waals surface area contributed by atoms with Crippen LogP contribution in [0.25, 0.3) is 0 Å². The van der Waals surface area contributed by atoms with E-state index in [2.05, 4.69) is 47.2 Å². The van der Waals surface area contributed by atoms with Gasteiger partial charge in [0, 0.05) is 39.3 Å². The molecule has 0 aromatic heterocycles. The zero-order valence-corrected chi connectivity index (χ0v) is 13.6. The van der Waals surface area contributed by atoms with Crippen molar-refractivity contribution >= 4 is 17.3 Å². The number of rotatable bonds is 5. The van der Waals surface area contributed by atoms with Gasteiger partial charge in [-0.2, -0.15) is 0 Å². The third-order valence-corrected chi connectivity index (χ3v) is 4.03. The Bertz CT molecular complexity index is 426. The van der Waals surface area contributed by atoms with Gasteiger partial charge >= 0.3 is 0 Å². The van der Waals surface area contributed by atoms with Crippen LogP contribution in [0.4, 0.5) is 5.69 Å². The molecule has 1 aliphatic heterocycles. The highest BCUT2D eigenvalue weighted by Crippen LogP contribution is 2.28. The van der Waals surface area contributed by atoms with Crippen LogP contribution in [0.1, 0.15) is 19.4 Å². The number of anilines is 1. The lowest BCUT2D eigenvalue weighted by Crippen LogP contribution is -2.47. The van der Waals surface area contributed by atoms with E-state index in [9.17, 15) is 0 Å². The maximum absolute atomic E-state index is 6.44. The van der Waals surface area contributed by atoms with Crippen LogP contribution in [0.3, 0.4) is 0 Å². The molecule has 2 rings (SSSR count). The number of piperazine rings is 1. The van der Waals surface area contributed by atoms with E-state index in [1.54, 1.807) is 0 Å². The van der Waals surface area contributed by atoms with Gasteiger partial charge in [0.2, 0.25) is 0 Å². The standard InChI is InChI=1S/C16H26ClN3/c1-13(2)12-19-6-8-20(9-7-19)16-5-4-14(11-18-3)10-15(16)17/h4-5,10,13,18H,6-9,11-12H2,1-3H3. The lowest BCUT2D eigenvalue weighted by atomic mass is 10.1. The summed E-state index contributed by atoms with van der Waals surface area (Å²) in [5.74, 6) is 0.742. The van der Waals surface area contributed by atoms with E-state index in [1.807, 2.05) is 7.05 Å². The first kappa shape index (κ1) is 15.6. The Labute approximate surface area is 127 Å². The second-order valence-corrected chi connectivity index (χ2v) is 6.40. The Kier molecular flexibility index (Phi) is 5.70. The molecule has 0 amide bonds. The van der Waals surface area contributed by atoms with Crippen molar-refractivity contribution < 1.29 is 0 Å². The van der Waals surface area contributed by atoms with E-state index in [-0.39, 0.29) is 0 Å². The largest absolute Gasteiger partial charge is 0.368 e. The van der Waals surface area contributed by atoms with Gasteiger partial charge in [-0.05, 0) is 30.7 Å². The highest BCUT2D eigenvalue weighted by atomic mass is 35.5. The molecule has 1 N–H and O–H groups in total. The number of nitrogens with one attached hydrogen (secondary N) is 1. The normalized spacial score (nSPS) is 16.9.